The zero-order chi connectivity index (χ0) is 28.2. The molecular formula is C25H47FN4O8. The predicted octanol–water partition coefficient (Wildman–Crippen LogP) is -0.968. The SMILES string of the molecule is CC(O)C(N)=N[C@@H]1C[C@H](N)C(O[C@H]2O[C@H](CCCCF)CCC2N)C(O)C1O[C@H]1OCC(C)(O)[C@H](C)C1O. The van der Waals surface area contributed by atoms with Crippen molar-refractivity contribution in [2.24, 2.45) is 28.1 Å². The Morgan fingerprint density at radius 1 is 1.11 bits per heavy atom. The fourth-order valence-corrected chi connectivity index (χ4v) is 5.19. The van der Waals surface area contributed by atoms with Crippen LogP contribution in [0, 0.1) is 5.92 Å². The van der Waals surface area contributed by atoms with Crippen molar-refractivity contribution in [1.82, 2.24) is 0 Å². The molecule has 3 aliphatic rings. The summed E-state index contributed by atoms with van der Waals surface area (Å²) in [5.41, 5.74) is 17.3. The monoisotopic (exact) mass is 550 g/mol. The number of aliphatic hydroxyl groups is 4. The van der Waals surface area contributed by atoms with Gasteiger partial charge in [-0.25, -0.2) is 0 Å². The van der Waals surface area contributed by atoms with Crippen molar-refractivity contribution in [3.8, 4) is 0 Å². The molecule has 0 amide bonds. The van der Waals surface area contributed by atoms with E-state index in [-0.39, 0.29) is 31.6 Å². The average molecular weight is 551 g/mol. The highest BCUT2D eigenvalue weighted by molar-refractivity contribution is 5.84. The van der Waals surface area contributed by atoms with E-state index in [1.54, 1.807) is 13.8 Å². The molecule has 10 N–H and O–H groups in total. The fraction of sp³-hybridized carbons (Fsp3) is 0.960. The van der Waals surface area contributed by atoms with E-state index in [1.165, 1.54) is 6.92 Å². The summed E-state index contributed by atoms with van der Waals surface area (Å²) in [5, 5.41) is 42.5. The van der Waals surface area contributed by atoms with Gasteiger partial charge < -0.3 is 56.6 Å². The smallest absolute Gasteiger partial charge is 0.184 e. The van der Waals surface area contributed by atoms with Crippen LogP contribution in [0.1, 0.15) is 59.3 Å². The highest BCUT2D eigenvalue weighted by Gasteiger charge is 2.51. The highest BCUT2D eigenvalue weighted by Crippen LogP contribution is 2.35. The van der Waals surface area contributed by atoms with E-state index in [2.05, 4.69) is 4.99 Å². The zero-order valence-corrected chi connectivity index (χ0v) is 22.6. The highest BCUT2D eigenvalue weighted by atomic mass is 19.1. The molecule has 38 heavy (non-hydrogen) atoms. The van der Waals surface area contributed by atoms with Crippen LogP contribution in [0.3, 0.4) is 0 Å². The first-order valence-corrected chi connectivity index (χ1v) is 13.6. The van der Waals surface area contributed by atoms with Crippen molar-refractivity contribution in [3.05, 3.63) is 0 Å². The van der Waals surface area contributed by atoms with Gasteiger partial charge in [-0.15, -0.1) is 0 Å². The second-order valence-electron chi connectivity index (χ2n) is 11.3. The molecule has 0 radical (unpaired) electrons. The lowest BCUT2D eigenvalue weighted by Gasteiger charge is -2.48. The van der Waals surface area contributed by atoms with Crippen molar-refractivity contribution in [1.29, 1.82) is 0 Å². The third-order valence-electron chi connectivity index (χ3n) is 8.03. The van der Waals surface area contributed by atoms with Crippen molar-refractivity contribution in [2.45, 2.75) is 132 Å². The first kappa shape index (κ1) is 31.5. The van der Waals surface area contributed by atoms with Crippen molar-refractivity contribution < 1.29 is 43.8 Å². The first-order valence-electron chi connectivity index (χ1n) is 13.6. The number of halogens is 1. The predicted molar refractivity (Wildman–Crippen MR) is 137 cm³/mol. The molecule has 3 rings (SSSR count). The number of aliphatic imine (C=N–C) groups is 1. The number of alkyl halides is 1. The summed E-state index contributed by atoms with van der Waals surface area (Å²) >= 11 is 0. The maximum absolute atomic E-state index is 12.5. The lowest BCUT2D eigenvalue weighted by atomic mass is 9.83. The summed E-state index contributed by atoms with van der Waals surface area (Å²) in [6.07, 6.45) is -4.38. The minimum Gasteiger partial charge on any atom is -0.388 e. The topological polar surface area (TPSA) is 208 Å². The van der Waals surface area contributed by atoms with Crippen molar-refractivity contribution in [3.63, 3.8) is 0 Å². The van der Waals surface area contributed by atoms with Gasteiger partial charge in [0.25, 0.3) is 0 Å². The number of nitrogens with zero attached hydrogens (tertiary/aromatic N) is 1. The first-order chi connectivity index (χ1) is 17.9. The van der Waals surface area contributed by atoms with E-state index >= 15 is 0 Å². The van der Waals surface area contributed by atoms with Gasteiger partial charge in [0.1, 0.15) is 36.4 Å². The molecule has 1 saturated carbocycles. The van der Waals surface area contributed by atoms with Gasteiger partial charge in [0.15, 0.2) is 12.6 Å². The summed E-state index contributed by atoms with van der Waals surface area (Å²) in [6, 6.07) is -1.93. The molecule has 7 unspecified atom stereocenters. The minimum atomic E-state index is -1.34. The Balaban J connectivity index is 1.78. The molecule has 222 valence electrons. The molecule has 13 atom stereocenters. The number of nitrogens with two attached hydrogens (primary N) is 3. The standard InChI is InChI=1S/C25H47FN4O8/c1-12-18(32)24(35-11-25(12,3)34)38-21-17(30-22(29)13(2)31)10-16(28)20(19(21)33)37-23-15(27)8-7-14(36-23)6-4-5-9-26/h12-21,23-24,31-34H,4-11,27-28H2,1-3H3,(H2,29,30)/t12-,13?,14-,15?,16+,17-,18?,19?,20?,21?,23-,24-,25?/m1/s1. The van der Waals surface area contributed by atoms with Crippen LogP contribution in [0.5, 0.6) is 0 Å². The molecule has 0 spiro atoms. The summed E-state index contributed by atoms with van der Waals surface area (Å²) in [4.78, 5) is 4.36. The molecule has 3 fully saturated rings. The van der Waals surface area contributed by atoms with Crippen molar-refractivity contribution >= 4 is 5.84 Å². The van der Waals surface area contributed by atoms with E-state index in [0.717, 1.165) is 6.42 Å². The van der Waals surface area contributed by atoms with E-state index < -0.39 is 72.7 Å². The van der Waals surface area contributed by atoms with E-state index in [9.17, 15) is 24.8 Å². The van der Waals surface area contributed by atoms with Gasteiger partial charge in [0.05, 0.1) is 37.1 Å². The molecule has 0 bridgehead atoms. The average Bonchev–Trinajstić information content (AvgIpc) is 2.85. The van der Waals surface area contributed by atoms with Gasteiger partial charge in [0, 0.05) is 12.0 Å². The summed E-state index contributed by atoms with van der Waals surface area (Å²) < 4.78 is 36.4. The van der Waals surface area contributed by atoms with Gasteiger partial charge in [-0.05, 0) is 52.4 Å². The molecule has 0 aromatic heterocycles. The number of rotatable bonds is 10. The lowest BCUT2D eigenvalue weighted by Crippen LogP contribution is -2.64. The van der Waals surface area contributed by atoms with Crippen LogP contribution in [0.15, 0.2) is 4.99 Å². The molecule has 12 nitrogen and oxygen atoms in total. The van der Waals surface area contributed by atoms with Crippen molar-refractivity contribution in [2.75, 3.05) is 13.3 Å². The third-order valence-corrected chi connectivity index (χ3v) is 8.03. The van der Waals surface area contributed by atoms with Gasteiger partial charge in [-0.1, -0.05) is 6.92 Å². The third kappa shape index (κ3) is 7.59. The Morgan fingerprint density at radius 2 is 1.79 bits per heavy atom. The summed E-state index contributed by atoms with van der Waals surface area (Å²) in [5.74, 6) is -0.638. The summed E-state index contributed by atoms with van der Waals surface area (Å²) in [6.45, 7) is 4.23. The molecule has 1 aliphatic carbocycles. The van der Waals surface area contributed by atoms with Crippen LogP contribution < -0.4 is 17.2 Å². The number of amidine groups is 1. The molecule has 2 aliphatic heterocycles. The Hall–Kier alpha value is -1.00. The fourth-order valence-electron chi connectivity index (χ4n) is 5.19. The van der Waals surface area contributed by atoms with Crippen LogP contribution in [0.25, 0.3) is 0 Å². The second kappa shape index (κ2) is 13.6. The maximum Gasteiger partial charge on any atom is 0.184 e. The maximum atomic E-state index is 12.5. The Kier molecular flexibility index (Phi) is 11.3. The van der Waals surface area contributed by atoms with E-state index in [0.29, 0.717) is 25.7 Å². The molecular weight excluding hydrogens is 503 g/mol. The molecule has 13 heteroatoms. The molecule has 2 heterocycles. The van der Waals surface area contributed by atoms with Gasteiger partial charge in [-0.3, -0.25) is 9.38 Å². The van der Waals surface area contributed by atoms with Gasteiger partial charge in [-0.2, -0.15) is 0 Å². The van der Waals surface area contributed by atoms with E-state index in [4.69, 9.17) is 36.1 Å². The van der Waals surface area contributed by atoms with Crippen LogP contribution in [0.2, 0.25) is 0 Å². The number of aliphatic hydroxyl groups excluding tert-OH is 3. The number of unbranched alkanes of at least 4 members (excludes halogenated alkanes) is 1. The number of hydrogen-bond acceptors (Lipinski definition) is 11. The Labute approximate surface area is 223 Å². The second-order valence-corrected chi connectivity index (χ2v) is 11.3. The van der Waals surface area contributed by atoms with Crippen LogP contribution in [0.4, 0.5) is 4.39 Å². The quantitative estimate of drug-likeness (QED) is 0.1000. The molecule has 0 aromatic carbocycles. The lowest BCUT2D eigenvalue weighted by molar-refractivity contribution is -0.313. The number of hydrogen-bond donors (Lipinski definition) is 7. The Bertz CT molecular complexity index is 778. The van der Waals surface area contributed by atoms with Crippen LogP contribution >= 0.6 is 0 Å². The largest absolute Gasteiger partial charge is 0.388 e. The van der Waals surface area contributed by atoms with Crippen LogP contribution in [-0.4, -0.2) is 112 Å². The van der Waals surface area contributed by atoms with Gasteiger partial charge >= 0.3 is 0 Å². The minimum absolute atomic E-state index is 0.0578. The van der Waals surface area contributed by atoms with Gasteiger partial charge in [0.2, 0.25) is 0 Å². The normalized spacial score (nSPS) is 45.6. The summed E-state index contributed by atoms with van der Waals surface area (Å²) in [7, 11) is 0. The van der Waals surface area contributed by atoms with E-state index in [1.807, 2.05) is 0 Å². The Morgan fingerprint density at radius 3 is 2.45 bits per heavy atom. The number of ether oxygens (including phenoxy) is 4. The molecule has 0 aromatic rings. The zero-order valence-electron chi connectivity index (χ0n) is 22.6. The van der Waals surface area contributed by atoms with Crippen LogP contribution in [-0.2, 0) is 18.9 Å². The molecule has 2 saturated heterocycles.